The highest BCUT2D eigenvalue weighted by atomic mass is 16.1. The van der Waals surface area contributed by atoms with Gasteiger partial charge in [0.1, 0.15) is 12.1 Å². The number of hydrogen-bond acceptors (Lipinski definition) is 5. The molecule has 1 amide bonds. The first kappa shape index (κ1) is 13.6. The standard InChI is InChI=1S/C15H19N5O/c1-17-15(21)10-4-6-20(7-5-10)14-12-8-11(16)2-3-13(12)18-9-19-14/h2-3,8-10H,4-7,16H2,1H3,(H,17,21). The van der Waals surface area contributed by atoms with Crippen LogP contribution in [0.25, 0.3) is 10.9 Å². The maximum atomic E-state index is 11.7. The molecule has 21 heavy (non-hydrogen) atoms. The Morgan fingerprint density at radius 1 is 1.33 bits per heavy atom. The van der Waals surface area contributed by atoms with Gasteiger partial charge in [0.2, 0.25) is 5.91 Å². The predicted molar refractivity (Wildman–Crippen MR) is 83.0 cm³/mol. The molecule has 0 saturated carbocycles. The molecule has 6 heteroatoms. The number of nitrogen functional groups attached to an aromatic ring is 1. The highest BCUT2D eigenvalue weighted by molar-refractivity contribution is 5.91. The van der Waals surface area contributed by atoms with Gasteiger partial charge in [-0.3, -0.25) is 4.79 Å². The molecule has 2 heterocycles. The first-order valence-corrected chi connectivity index (χ1v) is 7.16. The van der Waals surface area contributed by atoms with Crippen molar-refractivity contribution in [2.45, 2.75) is 12.8 Å². The van der Waals surface area contributed by atoms with E-state index in [1.807, 2.05) is 18.2 Å². The predicted octanol–water partition coefficient (Wildman–Crippen LogP) is 1.17. The van der Waals surface area contributed by atoms with Gasteiger partial charge < -0.3 is 16.0 Å². The molecule has 0 atom stereocenters. The number of benzene rings is 1. The summed E-state index contributed by atoms with van der Waals surface area (Å²) in [7, 11) is 1.69. The van der Waals surface area contributed by atoms with Crippen LogP contribution in [0.4, 0.5) is 11.5 Å². The van der Waals surface area contributed by atoms with E-state index < -0.39 is 0 Å². The Balaban J connectivity index is 1.85. The van der Waals surface area contributed by atoms with Crippen LogP contribution in [-0.4, -0.2) is 36.0 Å². The average Bonchev–Trinajstić information content (AvgIpc) is 2.53. The van der Waals surface area contributed by atoms with Gasteiger partial charge in [-0.05, 0) is 31.0 Å². The van der Waals surface area contributed by atoms with E-state index >= 15 is 0 Å². The van der Waals surface area contributed by atoms with Crippen molar-refractivity contribution in [3.05, 3.63) is 24.5 Å². The third-order valence-corrected chi connectivity index (χ3v) is 4.05. The zero-order valence-electron chi connectivity index (χ0n) is 12.0. The number of amides is 1. The first-order chi connectivity index (χ1) is 10.2. The summed E-state index contributed by atoms with van der Waals surface area (Å²) in [5.41, 5.74) is 7.47. The summed E-state index contributed by atoms with van der Waals surface area (Å²) in [5.74, 6) is 1.14. The molecule has 6 nitrogen and oxygen atoms in total. The van der Waals surface area contributed by atoms with E-state index in [-0.39, 0.29) is 11.8 Å². The summed E-state index contributed by atoms with van der Waals surface area (Å²) < 4.78 is 0. The summed E-state index contributed by atoms with van der Waals surface area (Å²) in [6.07, 6.45) is 3.26. The number of nitrogens with one attached hydrogen (secondary N) is 1. The fourth-order valence-corrected chi connectivity index (χ4v) is 2.87. The Bertz CT molecular complexity index is 664. The van der Waals surface area contributed by atoms with E-state index in [9.17, 15) is 4.79 Å². The van der Waals surface area contributed by atoms with Crippen LogP contribution in [0.3, 0.4) is 0 Å². The largest absolute Gasteiger partial charge is 0.399 e. The van der Waals surface area contributed by atoms with Gasteiger partial charge in [0, 0.05) is 37.1 Å². The zero-order chi connectivity index (χ0) is 14.8. The molecular formula is C15H19N5O. The molecule has 110 valence electrons. The SMILES string of the molecule is CNC(=O)C1CCN(c2ncnc3ccc(N)cc23)CC1. The van der Waals surface area contributed by atoms with Gasteiger partial charge in [-0.25, -0.2) is 9.97 Å². The van der Waals surface area contributed by atoms with E-state index in [0.29, 0.717) is 5.69 Å². The minimum atomic E-state index is 0.101. The number of rotatable bonds is 2. The lowest BCUT2D eigenvalue weighted by atomic mass is 9.96. The molecule has 0 radical (unpaired) electrons. The van der Waals surface area contributed by atoms with Crippen molar-refractivity contribution in [1.29, 1.82) is 0 Å². The van der Waals surface area contributed by atoms with Crippen molar-refractivity contribution >= 4 is 28.3 Å². The average molecular weight is 285 g/mol. The van der Waals surface area contributed by atoms with E-state index in [2.05, 4.69) is 20.2 Å². The summed E-state index contributed by atoms with van der Waals surface area (Å²) in [4.78, 5) is 22.6. The fraction of sp³-hybridized carbons (Fsp3) is 0.400. The smallest absolute Gasteiger partial charge is 0.222 e. The van der Waals surface area contributed by atoms with Gasteiger partial charge in [0.15, 0.2) is 0 Å². The number of aromatic nitrogens is 2. The Morgan fingerprint density at radius 3 is 2.81 bits per heavy atom. The van der Waals surface area contributed by atoms with Crippen LogP contribution >= 0.6 is 0 Å². The number of carbonyl (C=O) groups excluding carboxylic acids is 1. The van der Waals surface area contributed by atoms with Gasteiger partial charge in [-0.2, -0.15) is 0 Å². The van der Waals surface area contributed by atoms with Gasteiger partial charge in [0.05, 0.1) is 5.52 Å². The molecule has 1 aliphatic rings. The summed E-state index contributed by atoms with van der Waals surface area (Å²) in [6.45, 7) is 1.64. The van der Waals surface area contributed by atoms with Crippen LogP contribution in [0.5, 0.6) is 0 Å². The second-order valence-electron chi connectivity index (χ2n) is 5.35. The number of fused-ring (bicyclic) bond motifs is 1. The highest BCUT2D eigenvalue weighted by Crippen LogP contribution is 2.28. The van der Waals surface area contributed by atoms with Crippen molar-refractivity contribution in [3.8, 4) is 0 Å². The van der Waals surface area contributed by atoms with Crippen LogP contribution < -0.4 is 16.0 Å². The summed E-state index contributed by atoms with van der Waals surface area (Å²) in [6, 6.07) is 5.67. The maximum Gasteiger partial charge on any atom is 0.222 e. The van der Waals surface area contributed by atoms with Crippen molar-refractivity contribution < 1.29 is 4.79 Å². The summed E-state index contributed by atoms with van der Waals surface area (Å²) >= 11 is 0. The number of carbonyl (C=O) groups is 1. The van der Waals surface area contributed by atoms with Crippen LogP contribution in [0.1, 0.15) is 12.8 Å². The molecule has 0 aliphatic carbocycles. The Labute approximate surface area is 123 Å². The van der Waals surface area contributed by atoms with Crippen molar-refractivity contribution in [1.82, 2.24) is 15.3 Å². The minimum absolute atomic E-state index is 0.101. The minimum Gasteiger partial charge on any atom is -0.399 e. The topological polar surface area (TPSA) is 84.1 Å². The van der Waals surface area contributed by atoms with E-state index in [1.165, 1.54) is 0 Å². The molecule has 3 rings (SSSR count). The van der Waals surface area contributed by atoms with Gasteiger partial charge >= 0.3 is 0 Å². The van der Waals surface area contributed by atoms with E-state index in [1.54, 1.807) is 13.4 Å². The molecule has 0 spiro atoms. The van der Waals surface area contributed by atoms with Gasteiger partial charge in [-0.1, -0.05) is 0 Å². The van der Waals surface area contributed by atoms with Crippen molar-refractivity contribution in [3.63, 3.8) is 0 Å². The molecule has 1 saturated heterocycles. The molecular weight excluding hydrogens is 266 g/mol. The van der Waals surface area contributed by atoms with Gasteiger partial charge in [0.25, 0.3) is 0 Å². The second kappa shape index (κ2) is 5.55. The van der Waals surface area contributed by atoms with Crippen LogP contribution in [0.2, 0.25) is 0 Å². The maximum absolute atomic E-state index is 11.7. The zero-order valence-corrected chi connectivity index (χ0v) is 12.0. The van der Waals surface area contributed by atoms with Crippen LogP contribution in [0, 0.1) is 5.92 Å². The van der Waals surface area contributed by atoms with Crippen LogP contribution in [0.15, 0.2) is 24.5 Å². The van der Waals surface area contributed by atoms with Gasteiger partial charge in [-0.15, -0.1) is 0 Å². The number of piperidine rings is 1. The third-order valence-electron chi connectivity index (χ3n) is 4.05. The van der Waals surface area contributed by atoms with Crippen molar-refractivity contribution in [2.24, 2.45) is 5.92 Å². The van der Waals surface area contributed by atoms with E-state index in [0.717, 1.165) is 42.7 Å². The number of hydrogen-bond donors (Lipinski definition) is 2. The van der Waals surface area contributed by atoms with Crippen LogP contribution in [-0.2, 0) is 4.79 Å². The highest BCUT2D eigenvalue weighted by Gasteiger charge is 2.25. The second-order valence-corrected chi connectivity index (χ2v) is 5.35. The molecule has 1 fully saturated rings. The fourth-order valence-electron chi connectivity index (χ4n) is 2.87. The molecule has 0 unspecified atom stereocenters. The molecule has 1 aromatic carbocycles. The first-order valence-electron chi connectivity index (χ1n) is 7.16. The lowest BCUT2D eigenvalue weighted by Gasteiger charge is -2.32. The normalized spacial score (nSPS) is 16.1. The number of anilines is 2. The Morgan fingerprint density at radius 2 is 2.10 bits per heavy atom. The third kappa shape index (κ3) is 2.61. The summed E-state index contributed by atoms with van der Waals surface area (Å²) in [5, 5.41) is 3.70. The molecule has 3 N–H and O–H groups in total. The molecule has 1 aliphatic heterocycles. The monoisotopic (exact) mass is 285 g/mol. The molecule has 0 bridgehead atoms. The Hall–Kier alpha value is -2.37. The van der Waals surface area contributed by atoms with Crippen molar-refractivity contribution in [2.75, 3.05) is 30.8 Å². The molecule has 1 aromatic heterocycles. The number of nitrogens with two attached hydrogens (primary N) is 1. The lowest BCUT2D eigenvalue weighted by molar-refractivity contribution is -0.125. The number of nitrogens with zero attached hydrogens (tertiary/aromatic N) is 3. The lowest BCUT2D eigenvalue weighted by Crippen LogP contribution is -2.40. The van der Waals surface area contributed by atoms with E-state index in [4.69, 9.17) is 5.73 Å². The molecule has 2 aromatic rings. The quantitative estimate of drug-likeness (QED) is 0.809. The Kier molecular flexibility index (Phi) is 3.60.